The van der Waals surface area contributed by atoms with Crippen molar-refractivity contribution < 1.29 is 58.0 Å². The van der Waals surface area contributed by atoms with E-state index in [1.54, 1.807) is 12.2 Å². The van der Waals surface area contributed by atoms with Crippen LogP contribution in [0.15, 0.2) is 72.9 Å². The predicted octanol–water partition coefficient (Wildman–Crippen LogP) is 8.39. The van der Waals surface area contributed by atoms with Gasteiger partial charge in [0.2, 0.25) is 0 Å². The molecule has 5 N–H and O–H groups in total. The van der Waals surface area contributed by atoms with Crippen LogP contribution >= 0.6 is 7.82 Å². The quantitative estimate of drug-likeness (QED) is 0.0189. The summed E-state index contributed by atoms with van der Waals surface area (Å²) in [6, 6.07) is 0. The van der Waals surface area contributed by atoms with E-state index in [0.29, 0.717) is 38.5 Å². The highest BCUT2D eigenvalue weighted by molar-refractivity contribution is 7.46. The van der Waals surface area contributed by atoms with Crippen molar-refractivity contribution in [2.24, 2.45) is 5.92 Å². The molecule has 1 rings (SSSR count). The van der Waals surface area contributed by atoms with E-state index in [9.17, 15) is 29.5 Å². The summed E-state index contributed by atoms with van der Waals surface area (Å²) in [5, 5.41) is 30.8. The third-order valence-corrected chi connectivity index (χ3v) is 9.48. The summed E-state index contributed by atoms with van der Waals surface area (Å²) >= 11 is 0. The van der Waals surface area contributed by atoms with Gasteiger partial charge in [-0.15, -0.1) is 0 Å². The van der Waals surface area contributed by atoms with Crippen LogP contribution in [-0.2, 0) is 32.9 Å². The van der Waals surface area contributed by atoms with Crippen molar-refractivity contribution in [2.75, 3.05) is 13.2 Å². The Kier molecular flexibility index (Phi) is 30.5. The monoisotopic (exact) mass is 810 g/mol. The van der Waals surface area contributed by atoms with Gasteiger partial charge >= 0.3 is 19.8 Å². The average molecular weight is 811 g/mol. The van der Waals surface area contributed by atoms with E-state index in [-0.39, 0.29) is 25.2 Å². The SMILES string of the molecule is CCCCC/C=C\C/C=C\C/C=C\C/C=C\CCCC(=O)OC[C@H](COP(=O)(O)O)OC(=O)CCC/C=C\C[C@H]1[C@@H](O)CC(O)O[C@@H]1/C=C/[C@@H](O)CCCCC. The number of phosphoric acid groups is 1. The zero-order chi connectivity index (χ0) is 41.3. The van der Waals surface area contributed by atoms with Crippen LogP contribution in [0.4, 0.5) is 0 Å². The molecule has 0 aliphatic carbocycles. The average Bonchev–Trinajstić information content (AvgIpc) is 3.14. The number of aliphatic hydroxyl groups is 3. The van der Waals surface area contributed by atoms with E-state index in [0.717, 1.165) is 44.9 Å². The Bertz CT molecular complexity index is 1250. The highest BCUT2D eigenvalue weighted by Gasteiger charge is 2.35. The summed E-state index contributed by atoms with van der Waals surface area (Å²) in [7, 11) is -4.85. The lowest BCUT2D eigenvalue weighted by Crippen LogP contribution is -2.43. The van der Waals surface area contributed by atoms with Crippen molar-refractivity contribution in [1.82, 2.24) is 0 Å². The molecule has 0 radical (unpaired) electrons. The summed E-state index contributed by atoms with van der Waals surface area (Å²) in [5.74, 6) is -1.48. The largest absolute Gasteiger partial charge is 0.469 e. The number of unbranched alkanes of at least 4 members (excludes halogenated alkanes) is 7. The molecule has 1 aliphatic rings. The number of hydrogen-bond acceptors (Lipinski definition) is 10. The Hall–Kier alpha value is -2.67. The molecule has 0 amide bonds. The Balaban J connectivity index is 2.39. The van der Waals surface area contributed by atoms with E-state index >= 15 is 0 Å². The fourth-order valence-electron chi connectivity index (χ4n) is 5.81. The first-order valence-electron chi connectivity index (χ1n) is 20.6. The maximum absolute atomic E-state index is 12.5. The summed E-state index contributed by atoms with van der Waals surface area (Å²) < 4.78 is 31.9. The smallest absolute Gasteiger partial charge is 0.462 e. The molecule has 0 aromatic rings. The zero-order valence-electron chi connectivity index (χ0n) is 33.8. The maximum atomic E-state index is 12.5. The third kappa shape index (κ3) is 29.6. The third-order valence-electron chi connectivity index (χ3n) is 8.99. The molecule has 56 heavy (non-hydrogen) atoms. The van der Waals surface area contributed by atoms with E-state index in [1.807, 2.05) is 24.3 Å². The van der Waals surface area contributed by atoms with Gasteiger partial charge in [0.15, 0.2) is 12.4 Å². The van der Waals surface area contributed by atoms with Crippen molar-refractivity contribution in [1.29, 1.82) is 0 Å². The van der Waals surface area contributed by atoms with Crippen LogP contribution in [0.1, 0.15) is 136 Å². The number of rotatable bonds is 32. The van der Waals surface area contributed by atoms with Crippen molar-refractivity contribution in [2.45, 2.75) is 167 Å². The predicted molar refractivity (Wildman–Crippen MR) is 219 cm³/mol. The van der Waals surface area contributed by atoms with Gasteiger partial charge in [0.25, 0.3) is 0 Å². The van der Waals surface area contributed by atoms with Crippen molar-refractivity contribution in [3.05, 3.63) is 72.9 Å². The first-order chi connectivity index (χ1) is 26.9. The number of phosphoric ester groups is 1. The number of hydrogen-bond donors (Lipinski definition) is 5. The Labute approximate surface area is 335 Å². The van der Waals surface area contributed by atoms with Crippen molar-refractivity contribution in [3.8, 4) is 0 Å². The van der Waals surface area contributed by atoms with Crippen molar-refractivity contribution >= 4 is 19.8 Å². The van der Waals surface area contributed by atoms with Crippen LogP contribution in [0, 0.1) is 5.92 Å². The molecule has 6 atom stereocenters. The van der Waals surface area contributed by atoms with E-state index in [4.69, 9.17) is 24.0 Å². The first-order valence-corrected chi connectivity index (χ1v) is 22.2. The van der Waals surface area contributed by atoms with Crippen molar-refractivity contribution in [3.63, 3.8) is 0 Å². The van der Waals surface area contributed by atoms with Crippen LogP contribution in [0.3, 0.4) is 0 Å². The molecule has 0 saturated carbocycles. The molecule has 1 unspecified atom stereocenters. The summed E-state index contributed by atoms with van der Waals surface area (Å²) in [6.07, 6.45) is 33.9. The van der Waals surface area contributed by atoms with Gasteiger partial charge in [0, 0.05) is 25.2 Å². The molecule has 0 aromatic carbocycles. The number of esters is 2. The van der Waals surface area contributed by atoms with Crippen LogP contribution in [0.25, 0.3) is 0 Å². The minimum atomic E-state index is -4.85. The summed E-state index contributed by atoms with van der Waals surface area (Å²) in [5.41, 5.74) is 0. The van der Waals surface area contributed by atoms with Gasteiger partial charge in [-0.3, -0.25) is 14.1 Å². The van der Waals surface area contributed by atoms with Gasteiger partial charge in [-0.25, -0.2) is 4.57 Å². The second-order valence-corrected chi connectivity index (χ2v) is 15.4. The maximum Gasteiger partial charge on any atom is 0.469 e. The molecular formula is C43H71O12P. The standard InChI is InChI=1S/C43H71O12P/c1-3-5-7-8-9-10-11-12-13-14-15-16-17-18-19-20-25-29-41(46)52-34-37(35-53-56(49,50)51)54-42(47)30-26-22-21-24-28-38-39(45)33-43(48)55-40(38)32-31-36(44)27-23-6-4-2/h9-10,12-13,15-16,18-19,21,24,31-32,36-40,43-45,48H,3-8,11,14,17,20,22-23,25-30,33-35H2,1-2H3,(H2,49,50,51)/b10-9-,13-12-,16-15-,19-18-,24-21-,32-31+/t36-,37+,38-,39-,40+,43?/m0/s1. The second kappa shape index (κ2) is 33.3. The minimum Gasteiger partial charge on any atom is -0.462 e. The van der Waals surface area contributed by atoms with E-state index in [1.165, 1.54) is 19.3 Å². The van der Waals surface area contributed by atoms with Gasteiger partial charge in [0.1, 0.15) is 6.61 Å². The molecule has 12 nitrogen and oxygen atoms in total. The molecule has 1 fully saturated rings. The molecule has 320 valence electrons. The number of allylic oxidation sites excluding steroid dienone is 10. The number of carbonyl (C=O) groups excluding carboxylic acids is 2. The Morgan fingerprint density at radius 3 is 1.91 bits per heavy atom. The first kappa shape index (κ1) is 51.3. The normalized spacial score (nSPS) is 20.7. The lowest BCUT2D eigenvalue weighted by atomic mass is 9.87. The van der Waals surface area contributed by atoms with Gasteiger partial charge in [-0.05, 0) is 70.6 Å². The Morgan fingerprint density at radius 2 is 1.30 bits per heavy atom. The lowest BCUT2D eigenvalue weighted by molar-refractivity contribution is -0.199. The van der Waals surface area contributed by atoms with Gasteiger partial charge in [-0.2, -0.15) is 0 Å². The van der Waals surface area contributed by atoms with Gasteiger partial charge < -0.3 is 39.3 Å². The highest BCUT2D eigenvalue weighted by atomic mass is 31.2. The number of carbonyl (C=O) groups is 2. The molecule has 13 heteroatoms. The van der Waals surface area contributed by atoms with Crippen LogP contribution in [0.2, 0.25) is 0 Å². The zero-order valence-corrected chi connectivity index (χ0v) is 34.7. The number of aliphatic hydroxyl groups excluding tert-OH is 3. The van der Waals surface area contributed by atoms with Gasteiger partial charge in [0.05, 0.1) is 24.9 Å². The van der Waals surface area contributed by atoms with Gasteiger partial charge in [-0.1, -0.05) is 119 Å². The van der Waals surface area contributed by atoms with E-state index in [2.05, 4.69) is 54.8 Å². The minimum absolute atomic E-state index is 0.00239. The topological polar surface area (TPSA) is 189 Å². The second-order valence-electron chi connectivity index (χ2n) is 14.1. The number of ether oxygens (including phenoxy) is 3. The molecule has 1 heterocycles. The molecule has 1 saturated heterocycles. The lowest BCUT2D eigenvalue weighted by Gasteiger charge is -2.36. The fraction of sp³-hybridized carbons (Fsp3) is 0.674. The van der Waals surface area contributed by atoms with Crippen LogP contribution < -0.4 is 0 Å². The molecular weight excluding hydrogens is 739 g/mol. The molecule has 1 aliphatic heterocycles. The van der Waals surface area contributed by atoms with Crippen LogP contribution in [-0.4, -0.2) is 81.0 Å². The summed E-state index contributed by atoms with van der Waals surface area (Å²) in [4.78, 5) is 43.0. The fourth-order valence-corrected chi connectivity index (χ4v) is 6.18. The molecule has 0 aromatic heterocycles. The summed E-state index contributed by atoms with van der Waals surface area (Å²) in [6.45, 7) is 3.26. The van der Waals surface area contributed by atoms with E-state index < -0.39 is 63.7 Å². The molecule has 0 spiro atoms. The van der Waals surface area contributed by atoms with Crippen LogP contribution in [0.5, 0.6) is 0 Å². The highest BCUT2D eigenvalue weighted by Crippen LogP contribution is 2.36. The molecule has 0 bridgehead atoms. The Morgan fingerprint density at radius 1 is 0.750 bits per heavy atom.